The monoisotopic (exact) mass is 466 g/mol. The predicted octanol–water partition coefficient (Wildman–Crippen LogP) is 6.04. The normalized spacial score (nSPS) is 13.3. The highest BCUT2D eigenvalue weighted by molar-refractivity contribution is 6.42. The molecule has 2 N–H and O–H groups in total. The van der Waals surface area contributed by atoms with E-state index in [1.165, 1.54) is 0 Å². The van der Waals surface area contributed by atoms with Crippen LogP contribution >= 0.6 is 23.2 Å². The van der Waals surface area contributed by atoms with Crippen LogP contribution in [0.5, 0.6) is 11.5 Å². The number of hydrogen-bond acceptors (Lipinski definition) is 3. The zero-order chi connectivity index (χ0) is 22.1. The quantitative estimate of drug-likeness (QED) is 0.363. The summed E-state index contributed by atoms with van der Waals surface area (Å²) >= 11 is 12.4. The highest BCUT2D eigenvalue weighted by Crippen LogP contribution is 2.36. The molecule has 1 amide bonds. The first-order chi connectivity index (χ1) is 15.6. The maximum absolute atomic E-state index is 13.0. The summed E-state index contributed by atoms with van der Waals surface area (Å²) in [7, 11) is 0. The number of H-pyrrole nitrogens is 1. The molecule has 2 heterocycles. The van der Waals surface area contributed by atoms with Crippen molar-refractivity contribution in [1.29, 1.82) is 0 Å². The fraction of sp³-hybridized carbons (Fsp3) is 0.160. The van der Waals surface area contributed by atoms with Crippen LogP contribution in [0.15, 0.2) is 66.9 Å². The fourth-order valence-corrected chi connectivity index (χ4v) is 4.33. The first kappa shape index (κ1) is 20.7. The zero-order valence-corrected chi connectivity index (χ0v) is 18.5. The summed E-state index contributed by atoms with van der Waals surface area (Å²) in [6.45, 7) is 0.624. The highest BCUT2D eigenvalue weighted by atomic mass is 35.5. The molecule has 0 radical (unpaired) electrons. The van der Waals surface area contributed by atoms with Crippen molar-refractivity contribution in [1.82, 2.24) is 10.3 Å². The van der Waals surface area contributed by atoms with Gasteiger partial charge in [0.25, 0.3) is 0 Å². The molecule has 0 saturated carbocycles. The number of rotatable bonds is 6. The van der Waals surface area contributed by atoms with Crippen LogP contribution in [0.4, 0.5) is 0 Å². The predicted molar refractivity (Wildman–Crippen MR) is 126 cm³/mol. The van der Waals surface area contributed by atoms with Crippen molar-refractivity contribution in [2.45, 2.75) is 18.9 Å². The molecule has 0 aliphatic carbocycles. The third kappa shape index (κ3) is 4.14. The Morgan fingerprint density at radius 2 is 1.84 bits per heavy atom. The number of carbonyl (C=O) groups is 1. The first-order valence-corrected chi connectivity index (χ1v) is 11.0. The standard InChI is InChI=1S/C25H20Cl2N2O3/c26-20-7-6-16(10-21(20)27)18(19-13-28-22-4-2-1-3-17(19)22)11-25(30)29-12-15-5-8-23-24(9-15)32-14-31-23/h1-10,13,18,28H,11-12,14H2,(H,29,30)/t18-/m0/s1. The molecule has 1 aliphatic heterocycles. The minimum atomic E-state index is -0.183. The van der Waals surface area contributed by atoms with Gasteiger partial charge in [0.05, 0.1) is 10.0 Å². The van der Waals surface area contributed by atoms with Gasteiger partial charge in [0, 0.05) is 36.0 Å². The summed E-state index contributed by atoms with van der Waals surface area (Å²) in [6.07, 6.45) is 2.23. The Morgan fingerprint density at radius 3 is 2.72 bits per heavy atom. The number of aromatic amines is 1. The van der Waals surface area contributed by atoms with Crippen molar-refractivity contribution in [3.05, 3.63) is 93.6 Å². The van der Waals surface area contributed by atoms with Crippen molar-refractivity contribution in [3.8, 4) is 11.5 Å². The summed E-state index contributed by atoms with van der Waals surface area (Å²) in [6, 6.07) is 19.2. The van der Waals surface area contributed by atoms with Crippen molar-refractivity contribution < 1.29 is 14.3 Å². The van der Waals surface area contributed by atoms with Gasteiger partial charge in [-0.15, -0.1) is 0 Å². The molecule has 1 aromatic heterocycles. The lowest BCUT2D eigenvalue weighted by Crippen LogP contribution is -2.25. The van der Waals surface area contributed by atoms with Crippen molar-refractivity contribution in [2.75, 3.05) is 6.79 Å². The molecule has 7 heteroatoms. The number of hydrogen-bond donors (Lipinski definition) is 2. The Kier molecular flexibility index (Phi) is 5.68. The molecule has 0 saturated heterocycles. The van der Waals surface area contributed by atoms with E-state index >= 15 is 0 Å². The van der Waals surface area contributed by atoms with Crippen molar-refractivity contribution in [2.24, 2.45) is 0 Å². The van der Waals surface area contributed by atoms with E-state index in [1.54, 1.807) is 6.07 Å². The number of amides is 1. The van der Waals surface area contributed by atoms with E-state index in [-0.39, 0.29) is 25.0 Å². The van der Waals surface area contributed by atoms with Crippen molar-refractivity contribution in [3.63, 3.8) is 0 Å². The van der Waals surface area contributed by atoms with Gasteiger partial charge in [0.15, 0.2) is 11.5 Å². The van der Waals surface area contributed by atoms with Gasteiger partial charge < -0.3 is 19.8 Å². The number of ether oxygens (including phenoxy) is 2. The summed E-state index contributed by atoms with van der Waals surface area (Å²) in [5.74, 6) is 1.17. The molecule has 1 aliphatic rings. The van der Waals surface area contributed by atoms with Gasteiger partial charge in [-0.25, -0.2) is 0 Å². The van der Waals surface area contributed by atoms with E-state index in [2.05, 4.69) is 16.4 Å². The van der Waals surface area contributed by atoms with Gasteiger partial charge in [-0.1, -0.05) is 53.5 Å². The molecular formula is C25H20Cl2N2O3. The van der Waals surface area contributed by atoms with Crippen LogP contribution in [0, 0.1) is 0 Å². The van der Waals surface area contributed by atoms with Crippen LogP contribution in [0.2, 0.25) is 10.0 Å². The first-order valence-electron chi connectivity index (χ1n) is 10.2. The Labute approximate surface area is 195 Å². The smallest absolute Gasteiger partial charge is 0.231 e. The van der Waals surface area contributed by atoms with Crippen LogP contribution in [0.3, 0.4) is 0 Å². The maximum atomic E-state index is 13.0. The average Bonchev–Trinajstić information content (AvgIpc) is 3.44. The summed E-state index contributed by atoms with van der Waals surface area (Å²) in [5, 5.41) is 5.05. The number of halogens is 2. The Hall–Kier alpha value is -3.15. The van der Waals surface area contributed by atoms with E-state index < -0.39 is 0 Å². The van der Waals surface area contributed by atoms with E-state index in [0.29, 0.717) is 22.3 Å². The minimum Gasteiger partial charge on any atom is -0.454 e. The van der Waals surface area contributed by atoms with E-state index in [0.717, 1.165) is 33.3 Å². The Balaban J connectivity index is 1.39. The van der Waals surface area contributed by atoms with Crippen LogP contribution in [-0.2, 0) is 11.3 Å². The van der Waals surface area contributed by atoms with E-state index in [1.807, 2.05) is 54.7 Å². The van der Waals surface area contributed by atoms with Gasteiger partial charge in [-0.05, 0) is 47.0 Å². The molecule has 4 aromatic rings. The second-order valence-corrected chi connectivity index (χ2v) is 8.50. The van der Waals surface area contributed by atoms with Gasteiger partial charge >= 0.3 is 0 Å². The second kappa shape index (κ2) is 8.77. The van der Waals surface area contributed by atoms with E-state index in [9.17, 15) is 4.79 Å². The number of nitrogens with one attached hydrogen (secondary N) is 2. The summed E-state index contributed by atoms with van der Waals surface area (Å²) in [4.78, 5) is 16.3. The fourth-order valence-electron chi connectivity index (χ4n) is 4.03. The molecule has 5 nitrogen and oxygen atoms in total. The molecule has 1 atom stereocenters. The van der Waals surface area contributed by atoms with Gasteiger partial charge in [-0.3, -0.25) is 4.79 Å². The van der Waals surface area contributed by atoms with Crippen LogP contribution in [0.25, 0.3) is 10.9 Å². The Bertz CT molecular complexity index is 1300. The molecule has 5 rings (SSSR count). The van der Waals surface area contributed by atoms with Gasteiger partial charge in [0.2, 0.25) is 12.7 Å². The van der Waals surface area contributed by atoms with Crippen molar-refractivity contribution >= 4 is 40.0 Å². The van der Waals surface area contributed by atoms with E-state index in [4.69, 9.17) is 32.7 Å². The summed E-state index contributed by atoms with van der Waals surface area (Å²) < 4.78 is 10.8. The largest absolute Gasteiger partial charge is 0.454 e. The zero-order valence-electron chi connectivity index (χ0n) is 17.0. The molecule has 3 aromatic carbocycles. The molecule has 0 unspecified atom stereocenters. The average molecular weight is 467 g/mol. The third-order valence-corrected chi connectivity index (χ3v) is 6.40. The molecule has 0 fully saturated rings. The lowest BCUT2D eigenvalue weighted by atomic mass is 9.88. The Morgan fingerprint density at radius 1 is 1.00 bits per heavy atom. The number of para-hydroxylation sites is 1. The SMILES string of the molecule is O=C(C[C@@H](c1ccc(Cl)c(Cl)c1)c1c[nH]c2ccccc12)NCc1ccc2c(c1)OCO2. The maximum Gasteiger partial charge on any atom is 0.231 e. The molecule has 0 spiro atoms. The van der Waals surface area contributed by atoms with Crippen LogP contribution in [-0.4, -0.2) is 17.7 Å². The lowest BCUT2D eigenvalue weighted by Gasteiger charge is -2.18. The molecule has 162 valence electrons. The van der Waals surface area contributed by atoms with Gasteiger partial charge in [-0.2, -0.15) is 0 Å². The highest BCUT2D eigenvalue weighted by Gasteiger charge is 2.22. The van der Waals surface area contributed by atoms with Crippen LogP contribution < -0.4 is 14.8 Å². The molecule has 0 bridgehead atoms. The number of carbonyl (C=O) groups excluding carboxylic acids is 1. The topological polar surface area (TPSA) is 63.4 Å². The third-order valence-electron chi connectivity index (χ3n) is 5.66. The summed E-state index contributed by atoms with van der Waals surface area (Å²) in [5.41, 5.74) is 3.94. The molecule has 32 heavy (non-hydrogen) atoms. The van der Waals surface area contributed by atoms with Crippen LogP contribution in [0.1, 0.15) is 29.0 Å². The number of benzene rings is 3. The lowest BCUT2D eigenvalue weighted by molar-refractivity contribution is -0.121. The van der Waals surface area contributed by atoms with Gasteiger partial charge in [0.1, 0.15) is 0 Å². The number of fused-ring (bicyclic) bond motifs is 2. The minimum absolute atomic E-state index is 0.0657. The number of aromatic nitrogens is 1. The molecular weight excluding hydrogens is 447 g/mol. The second-order valence-electron chi connectivity index (χ2n) is 7.68.